The molecule has 1 saturated heterocycles. The molecule has 2 unspecified atom stereocenters. The number of hydrogen-bond donors (Lipinski definition) is 2. The summed E-state index contributed by atoms with van der Waals surface area (Å²) in [6.07, 6.45) is -1.18. The molecule has 2 N–H and O–H groups in total. The topological polar surface area (TPSA) is 105 Å². The number of likely N-dealkylation sites (tertiary alicyclic amines) is 1. The van der Waals surface area contributed by atoms with Gasteiger partial charge in [-0.05, 0) is 39.7 Å². The minimum Gasteiger partial charge on any atom is -0.480 e. The van der Waals surface area contributed by atoms with Gasteiger partial charge in [-0.3, -0.25) is 0 Å². The minimum absolute atomic E-state index is 0.0576. The zero-order valence-corrected chi connectivity index (χ0v) is 16.7. The van der Waals surface area contributed by atoms with E-state index in [4.69, 9.17) is 9.47 Å². The Labute approximate surface area is 164 Å². The van der Waals surface area contributed by atoms with Gasteiger partial charge in [-0.2, -0.15) is 0 Å². The van der Waals surface area contributed by atoms with Crippen LogP contribution >= 0.6 is 0 Å². The summed E-state index contributed by atoms with van der Waals surface area (Å²) in [5.74, 6) is -1.15. The number of rotatable bonds is 4. The predicted octanol–water partition coefficient (Wildman–Crippen LogP) is 3.16. The van der Waals surface area contributed by atoms with Gasteiger partial charge in [0.25, 0.3) is 0 Å². The molecule has 1 heterocycles. The number of nitrogens with one attached hydrogen (secondary N) is 1. The average molecular weight is 392 g/mol. The third kappa shape index (κ3) is 5.61. The Balaban J connectivity index is 1.99. The van der Waals surface area contributed by atoms with Crippen molar-refractivity contribution in [3.05, 3.63) is 35.9 Å². The average Bonchev–Trinajstić information content (AvgIpc) is 2.58. The van der Waals surface area contributed by atoms with E-state index in [0.717, 1.165) is 5.56 Å². The molecule has 0 bridgehead atoms. The first-order valence-electron chi connectivity index (χ1n) is 9.24. The van der Waals surface area contributed by atoms with Crippen molar-refractivity contribution >= 4 is 18.2 Å². The molecule has 8 heteroatoms. The first-order chi connectivity index (χ1) is 13.0. The molecular formula is C20H28N2O6. The summed E-state index contributed by atoms with van der Waals surface area (Å²) < 4.78 is 10.5. The SMILES string of the molecule is CC1CC(NC(=O)OC(C)(C)C)(C(=O)O)CCN1C(=O)OCc1ccccc1. The van der Waals surface area contributed by atoms with Crippen LogP contribution in [0.5, 0.6) is 0 Å². The second-order valence-corrected chi connectivity index (χ2v) is 8.05. The van der Waals surface area contributed by atoms with Gasteiger partial charge < -0.3 is 24.8 Å². The standard InChI is InChI=1S/C20H28N2O6/c1-14-12-20(16(23)24,21-17(25)28-19(2,3)4)10-11-22(14)18(26)27-13-15-8-6-5-7-9-15/h5-9,14H,10-13H2,1-4H3,(H,21,25)(H,23,24). The second-order valence-electron chi connectivity index (χ2n) is 8.05. The smallest absolute Gasteiger partial charge is 0.410 e. The summed E-state index contributed by atoms with van der Waals surface area (Å²) in [4.78, 5) is 37.9. The maximum atomic E-state index is 12.4. The molecule has 1 aromatic carbocycles. The highest BCUT2D eigenvalue weighted by atomic mass is 16.6. The molecular weight excluding hydrogens is 364 g/mol. The van der Waals surface area contributed by atoms with Crippen molar-refractivity contribution in [1.82, 2.24) is 10.2 Å². The third-order valence-corrected chi connectivity index (χ3v) is 4.54. The Morgan fingerprint density at radius 2 is 1.89 bits per heavy atom. The number of nitrogens with zero attached hydrogens (tertiary/aromatic N) is 1. The van der Waals surface area contributed by atoms with Crippen LogP contribution < -0.4 is 5.32 Å². The van der Waals surface area contributed by atoms with Crippen molar-refractivity contribution in [3.8, 4) is 0 Å². The van der Waals surface area contributed by atoms with Crippen LogP contribution in [0.2, 0.25) is 0 Å². The number of amides is 2. The molecule has 0 aromatic heterocycles. The zero-order chi connectivity index (χ0) is 20.9. The molecule has 0 aliphatic carbocycles. The van der Waals surface area contributed by atoms with Gasteiger partial charge >= 0.3 is 18.2 Å². The van der Waals surface area contributed by atoms with Gasteiger partial charge in [-0.25, -0.2) is 14.4 Å². The lowest BCUT2D eigenvalue weighted by molar-refractivity contribution is -0.147. The van der Waals surface area contributed by atoms with E-state index in [9.17, 15) is 19.5 Å². The van der Waals surface area contributed by atoms with Crippen LogP contribution in [0.1, 0.15) is 46.1 Å². The van der Waals surface area contributed by atoms with Crippen molar-refractivity contribution in [1.29, 1.82) is 0 Å². The maximum Gasteiger partial charge on any atom is 0.410 e. The Kier molecular flexibility index (Phi) is 6.53. The molecule has 0 saturated carbocycles. The first kappa shape index (κ1) is 21.5. The van der Waals surface area contributed by atoms with Gasteiger partial charge in [0.2, 0.25) is 0 Å². The zero-order valence-electron chi connectivity index (χ0n) is 16.7. The van der Waals surface area contributed by atoms with Crippen LogP contribution in [-0.4, -0.2) is 51.9 Å². The Morgan fingerprint density at radius 3 is 2.43 bits per heavy atom. The molecule has 1 fully saturated rings. The quantitative estimate of drug-likeness (QED) is 0.815. The molecule has 28 heavy (non-hydrogen) atoms. The van der Waals surface area contributed by atoms with Crippen LogP contribution in [0.25, 0.3) is 0 Å². The highest BCUT2D eigenvalue weighted by Gasteiger charge is 2.47. The summed E-state index contributed by atoms with van der Waals surface area (Å²) in [6.45, 7) is 7.13. The minimum atomic E-state index is -1.49. The van der Waals surface area contributed by atoms with E-state index in [0.29, 0.717) is 0 Å². The molecule has 1 aromatic rings. The summed E-state index contributed by atoms with van der Waals surface area (Å²) in [5, 5.41) is 12.2. The van der Waals surface area contributed by atoms with Gasteiger partial charge in [0, 0.05) is 19.0 Å². The number of carboxylic acids is 1. The van der Waals surface area contributed by atoms with Crippen LogP contribution in [0.3, 0.4) is 0 Å². The number of aliphatic carboxylic acids is 1. The van der Waals surface area contributed by atoms with Crippen LogP contribution in [0, 0.1) is 0 Å². The first-order valence-corrected chi connectivity index (χ1v) is 9.24. The lowest BCUT2D eigenvalue weighted by Crippen LogP contribution is -2.63. The Bertz CT molecular complexity index is 715. The number of piperidine rings is 1. The number of hydrogen-bond acceptors (Lipinski definition) is 5. The fourth-order valence-corrected chi connectivity index (χ4v) is 3.18. The van der Waals surface area contributed by atoms with Crippen molar-refractivity contribution in [3.63, 3.8) is 0 Å². The number of alkyl carbamates (subject to hydrolysis) is 1. The van der Waals surface area contributed by atoms with Gasteiger partial charge in [-0.15, -0.1) is 0 Å². The van der Waals surface area contributed by atoms with E-state index in [-0.39, 0.29) is 26.0 Å². The maximum absolute atomic E-state index is 12.4. The van der Waals surface area contributed by atoms with Crippen molar-refractivity contribution in [2.45, 2.75) is 64.3 Å². The fraction of sp³-hybridized carbons (Fsp3) is 0.550. The highest BCUT2D eigenvalue weighted by Crippen LogP contribution is 2.28. The van der Waals surface area contributed by atoms with Crippen molar-refractivity contribution < 1.29 is 29.0 Å². The third-order valence-electron chi connectivity index (χ3n) is 4.54. The summed E-state index contributed by atoms with van der Waals surface area (Å²) in [6, 6.07) is 8.87. The van der Waals surface area contributed by atoms with Crippen molar-refractivity contribution in [2.75, 3.05) is 6.54 Å². The fourth-order valence-electron chi connectivity index (χ4n) is 3.18. The van der Waals surface area contributed by atoms with Crippen LogP contribution in [-0.2, 0) is 20.9 Å². The molecule has 0 radical (unpaired) electrons. The van der Waals surface area contributed by atoms with E-state index in [1.54, 1.807) is 27.7 Å². The number of carbonyl (C=O) groups is 3. The second kappa shape index (κ2) is 8.50. The van der Waals surface area contributed by atoms with Gasteiger partial charge in [0.05, 0.1) is 0 Å². The Morgan fingerprint density at radius 1 is 1.25 bits per heavy atom. The van der Waals surface area contributed by atoms with E-state index >= 15 is 0 Å². The number of ether oxygens (including phenoxy) is 2. The lowest BCUT2D eigenvalue weighted by Gasteiger charge is -2.42. The van der Waals surface area contributed by atoms with Crippen LogP contribution in [0.4, 0.5) is 9.59 Å². The largest absolute Gasteiger partial charge is 0.480 e. The summed E-state index contributed by atoms with van der Waals surface area (Å²) in [5.41, 5.74) is -1.36. The molecule has 154 valence electrons. The molecule has 2 rings (SSSR count). The van der Waals surface area contributed by atoms with E-state index in [2.05, 4.69) is 5.32 Å². The number of carbonyl (C=O) groups excluding carboxylic acids is 2. The van der Waals surface area contributed by atoms with Crippen LogP contribution in [0.15, 0.2) is 30.3 Å². The molecule has 0 spiro atoms. The predicted molar refractivity (Wildman–Crippen MR) is 102 cm³/mol. The van der Waals surface area contributed by atoms with E-state index in [1.807, 2.05) is 30.3 Å². The molecule has 8 nitrogen and oxygen atoms in total. The molecule has 1 aliphatic rings. The number of benzene rings is 1. The van der Waals surface area contributed by atoms with Gasteiger partial charge in [0.15, 0.2) is 0 Å². The normalized spacial score (nSPS) is 22.3. The van der Waals surface area contributed by atoms with Gasteiger partial charge in [-0.1, -0.05) is 30.3 Å². The highest BCUT2D eigenvalue weighted by molar-refractivity contribution is 5.85. The number of carboxylic acid groups (broad SMARTS) is 1. The monoisotopic (exact) mass is 392 g/mol. The Hall–Kier alpha value is -2.77. The van der Waals surface area contributed by atoms with E-state index in [1.165, 1.54) is 4.90 Å². The van der Waals surface area contributed by atoms with Crippen molar-refractivity contribution in [2.24, 2.45) is 0 Å². The van der Waals surface area contributed by atoms with E-state index < -0.39 is 35.3 Å². The lowest BCUT2D eigenvalue weighted by atomic mass is 9.84. The summed E-state index contributed by atoms with van der Waals surface area (Å²) in [7, 11) is 0. The molecule has 1 aliphatic heterocycles. The van der Waals surface area contributed by atoms with Gasteiger partial charge in [0.1, 0.15) is 17.7 Å². The summed E-state index contributed by atoms with van der Waals surface area (Å²) >= 11 is 0. The molecule has 2 amide bonds. The molecule has 2 atom stereocenters.